The number of nitrogens with one attached hydrogen (secondary N) is 2. The number of amides is 2. The Labute approximate surface area is 174 Å². The van der Waals surface area contributed by atoms with E-state index in [9.17, 15) is 9.59 Å². The van der Waals surface area contributed by atoms with Gasteiger partial charge < -0.3 is 9.88 Å². The molecule has 2 N–H and O–H groups in total. The molecule has 0 spiro atoms. The molecule has 0 radical (unpaired) electrons. The average molecular weight is 409 g/mol. The summed E-state index contributed by atoms with van der Waals surface area (Å²) in [4.78, 5) is 24.1. The molecular weight excluding hydrogens is 388 g/mol. The van der Waals surface area contributed by atoms with Gasteiger partial charge in [-0.25, -0.2) is 5.43 Å². The molecule has 6 nitrogen and oxygen atoms in total. The smallest absolute Gasteiger partial charge is 0.317 e. The van der Waals surface area contributed by atoms with Gasteiger partial charge in [0.05, 0.1) is 16.9 Å². The van der Waals surface area contributed by atoms with Crippen LogP contribution in [0.2, 0.25) is 5.02 Å². The van der Waals surface area contributed by atoms with E-state index in [1.165, 1.54) is 6.21 Å². The number of para-hydroxylation sites is 2. The van der Waals surface area contributed by atoms with E-state index >= 15 is 0 Å². The van der Waals surface area contributed by atoms with E-state index in [1.54, 1.807) is 12.1 Å². The summed E-state index contributed by atoms with van der Waals surface area (Å²) in [5.74, 6) is -1.62. The Morgan fingerprint density at radius 1 is 1.00 bits per heavy atom. The first-order valence-corrected chi connectivity index (χ1v) is 9.40. The molecule has 29 heavy (non-hydrogen) atoms. The van der Waals surface area contributed by atoms with Crippen LogP contribution in [0.4, 0.5) is 5.69 Å². The predicted octanol–water partition coefficient (Wildman–Crippen LogP) is 4.14. The Morgan fingerprint density at radius 2 is 1.69 bits per heavy atom. The van der Waals surface area contributed by atoms with Crippen LogP contribution >= 0.6 is 11.6 Å². The number of carbonyl (C=O) groups excluding carboxylic acids is 2. The van der Waals surface area contributed by atoms with Gasteiger partial charge in [0, 0.05) is 22.6 Å². The van der Waals surface area contributed by atoms with Crippen molar-refractivity contribution >= 4 is 35.3 Å². The van der Waals surface area contributed by atoms with Crippen LogP contribution in [0.3, 0.4) is 0 Å². The first kappa shape index (κ1) is 20.4. The number of benzene rings is 2. The van der Waals surface area contributed by atoms with Crippen LogP contribution in [-0.2, 0) is 9.59 Å². The molecule has 0 aliphatic carbocycles. The lowest BCUT2D eigenvalue weighted by Gasteiger charge is -2.11. The molecule has 0 saturated heterocycles. The lowest BCUT2D eigenvalue weighted by Crippen LogP contribution is -2.32. The van der Waals surface area contributed by atoms with Gasteiger partial charge in [0.15, 0.2) is 0 Å². The standard InChI is InChI=1S/C22H21ClN4O2/c1-14-8-4-6-10-19(14)25-21(28)22(29)26-24-13-17-12-15(2)27(16(17)3)20-11-7-5-9-18(20)23/h4-13H,1-3H3,(H,25,28)(H,26,29)/b24-13-. The largest absolute Gasteiger partial charge is 0.329 e. The normalized spacial score (nSPS) is 10.9. The second-order valence-electron chi connectivity index (χ2n) is 6.58. The molecule has 3 aromatic rings. The molecule has 0 aliphatic rings. The van der Waals surface area contributed by atoms with Crippen molar-refractivity contribution in [1.29, 1.82) is 0 Å². The van der Waals surface area contributed by atoms with Crippen LogP contribution in [0.5, 0.6) is 0 Å². The Balaban J connectivity index is 1.70. The predicted molar refractivity (Wildman–Crippen MR) is 116 cm³/mol. The number of nitrogens with zero attached hydrogens (tertiary/aromatic N) is 2. The number of hydrazone groups is 1. The summed E-state index contributed by atoms with van der Waals surface area (Å²) in [6.45, 7) is 5.74. The summed E-state index contributed by atoms with van der Waals surface area (Å²) >= 11 is 6.31. The maximum absolute atomic E-state index is 12.0. The lowest BCUT2D eigenvalue weighted by molar-refractivity contribution is -0.136. The number of carbonyl (C=O) groups is 2. The minimum atomic E-state index is -0.843. The lowest BCUT2D eigenvalue weighted by atomic mass is 10.2. The van der Waals surface area contributed by atoms with Gasteiger partial charge >= 0.3 is 11.8 Å². The summed E-state index contributed by atoms with van der Waals surface area (Å²) in [6.07, 6.45) is 1.51. The number of aromatic nitrogens is 1. The van der Waals surface area contributed by atoms with Crippen LogP contribution in [0.25, 0.3) is 5.69 Å². The van der Waals surface area contributed by atoms with Gasteiger partial charge in [0.2, 0.25) is 0 Å². The third-order valence-corrected chi connectivity index (χ3v) is 4.85. The Kier molecular flexibility index (Phi) is 6.14. The number of hydrogen-bond acceptors (Lipinski definition) is 3. The molecule has 1 aromatic heterocycles. The zero-order valence-corrected chi connectivity index (χ0v) is 17.1. The van der Waals surface area contributed by atoms with Gasteiger partial charge in [0.25, 0.3) is 0 Å². The van der Waals surface area contributed by atoms with Crippen molar-refractivity contribution in [2.45, 2.75) is 20.8 Å². The third kappa shape index (κ3) is 4.55. The van der Waals surface area contributed by atoms with Gasteiger partial charge in [-0.3, -0.25) is 9.59 Å². The number of anilines is 1. The van der Waals surface area contributed by atoms with Crippen LogP contribution in [0.1, 0.15) is 22.5 Å². The van der Waals surface area contributed by atoms with Gasteiger partial charge in [-0.15, -0.1) is 0 Å². The molecule has 0 aliphatic heterocycles. The maximum Gasteiger partial charge on any atom is 0.329 e. The molecule has 0 fully saturated rings. The first-order chi connectivity index (χ1) is 13.9. The number of aryl methyl sites for hydroxylation is 2. The number of hydrogen-bond donors (Lipinski definition) is 2. The molecule has 7 heteroatoms. The van der Waals surface area contributed by atoms with Gasteiger partial charge in [0.1, 0.15) is 0 Å². The molecule has 1 heterocycles. The summed E-state index contributed by atoms with van der Waals surface area (Å²) in [7, 11) is 0. The van der Waals surface area contributed by atoms with Gasteiger partial charge in [-0.05, 0) is 50.6 Å². The summed E-state index contributed by atoms with van der Waals surface area (Å²) < 4.78 is 2.01. The Hall–Kier alpha value is -3.38. The molecule has 0 saturated carbocycles. The van der Waals surface area contributed by atoms with Gasteiger partial charge in [-0.1, -0.05) is 41.9 Å². The molecule has 3 rings (SSSR count). The molecular formula is C22H21ClN4O2. The minimum Gasteiger partial charge on any atom is -0.317 e. The van der Waals surface area contributed by atoms with Crippen molar-refractivity contribution in [2.75, 3.05) is 5.32 Å². The molecule has 2 amide bonds. The minimum absolute atomic E-state index is 0.583. The van der Waals surface area contributed by atoms with Crippen LogP contribution < -0.4 is 10.7 Å². The van der Waals surface area contributed by atoms with E-state index in [0.717, 1.165) is 28.2 Å². The van der Waals surface area contributed by atoms with Crippen molar-refractivity contribution in [3.63, 3.8) is 0 Å². The van der Waals surface area contributed by atoms with E-state index < -0.39 is 11.8 Å². The quantitative estimate of drug-likeness (QED) is 0.386. The highest BCUT2D eigenvalue weighted by molar-refractivity contribution is 6.39. The van der Waals surface area contributed by atoms with Crippen molar-refractivity contribution in [3.05, 3.63) is 82.1 Å². The fraction of sp³-hybridized carbons (Fsp3) is 0.136. The zero-order chi connectivity index (χ0) is 21.0. The molecule has 0 atom stereocenters. The summed E-state index contributed by atoms with van der Waals surface area (Å²) in [5.41, 5.74) is 7.27. The maximum atomic E-state index is 12.0. The fourth-order valence-electron chi connectivity index (χ4n) is 3.03. The van der Waals surface area contributed by atoms with Crippen molar-refractivity contribution in [3.8, 4) is 5.69 Å². The second-order valence-corrected chi connectivity index (χ2v) is 6.99. The zero-order valence-electron chi connectivity index (χ0n) is 16.4. The summed E-state index contributed by atoms with van der Waals surface area (Å²) in [5, 5.41) is 7.13. The van der Waals surface area contributed by atoms with Gasteiger partial charge in [-0.2, -0.15) is 5.10 Å². The van der Waals surface area contributed by atoms with E-state index in [1.807, 2.05) is 67.8 Å². The Morgan fingerprint density at radius 3 is 2.41 bits per heavy atom. The highest BCUT2D eigenvalue weighted by atomic mass is 35.5. The van der Waals surface area contributed by atoms with E-state index in [4.69, 9.17) is 11.6 Å². The van der Waals surface area contributed by atoms with Crippen LogP contribution in [0, 0.1) is 20.8 Å². The topological polar surface area (TPSA) is 75.5 Å². The van der Waals surface area contributed by atoms with Crippen molar-refractivity contribution in [2.24, 2.45) is 5.10 Å². The first-order valence-electron chi connectivity index (χ1n) is 9.02. The molecule has 148 valence electrons. The second kappa shape index (κ2) is 8.75. The average Bonchev–Trinajstić information content (AvgIpc) is 2.97. The van der Waals surface area contributed by atoms with Crippen LogP contribution in [0.15, 0.2) is 59.7 Å². The molecule has 0 bridgehead atoms. The highest BCUT2D eigenvalue weighted by Crippen LogP contribution is 2.25. The Bertz CT molecular complexity index is 1100. The molecule has 2 aromatic carbocycles. The third-order valence-electron chi connectivity index (χ3n) is 4.53. The number of halogens is 1. The number of rotatable bonds is 4. The highest BCUT2D eigenvalue weighted by Gasteiger charge is 2.14. The molecule has 0 unspecified atom stereocenters. The van der Waals surface area contributed by atoms with Crippen molar-refractivity contribution < 1.29 is 9.59 Å². The van der Waals surface area contributed by atoms with E-state index in [0.29, 0.717) is 10.7 Å². The van der Waals surface area contributed by atoms with Crippen LogP contribution in [-0.4, -0.2) is 22.6 Å². The summed E-state index contributed by atoms with van der Waals surface area (Å²) in [6, 6.07) is 16.7. The monoisotopic (exact) mass is 408 g/mol. The van der Waals surface area contributed by atoms with Crippen molar-refractivity contribution in [1.82, 2.24) is 9.99 Å². The SMILES string of the molecule is Cc1ccccc1NC(=O)C(=O)N/N=C\c1cc(C)n(-c2ccccc2Cl)c1C. The fourth-order valence-corrected chi connectivity index (χ4v) is 3.25. The van der Waals surface area contributed by atoms with E-state index in [2.05, 4.69) is 15.8 Å². The van der Waals surface area contributed by atoms with E-state index in [-0.39, 0.29) is 0 Å².